The average Bonchev–Trinajstić information content (AvgIpc) is 2.94. The molecule has 2 N–H and O–H groups in total. The van der Waals surface area contributed by atoms with Gasteiger partial charge in [-0.15, -0.1) is 0 Å². The van der Waals surface area contributed by atoms with Crippen LogP contribution in [0.25, 0.3) is 0 Å². The summed E-state index contributed by atoms with van der Waals surface area (Å²) in [5, 5.41) is 0. The van der Waals surface area contributed by atoms with E-state index in [1.54, 1.807) is 0 Å². The SMILES string of the molecule is NC(=S)C1(C(=O)N2CCN3CCCC3C2)CCCCC1. The van der Waals surface area contributed by atoms with E-state index in [9.17, 15) is 4.79 Å². The van der Waals surface area contributed by atoms with E-state index in [1.165, 1.54) is 25.8 Å². The largest absolute Gasteiger partial charge is 0.392 e. The topological polar surface area (TPSA) is 49.6 Å². The monoisotopic (exact) mass is 295 g/mol. The molecule has 0 aromatic carbocycles. The van der Waals surface area contributed by atoms with Gasteiger partial charge in [0.15, 0.2) is 0 Å². The number of nitrogens with zero attached hydrogens (tertiary/aromatic N) is 2. The Balaban J connectivity index is 1.74. The molecule has 1 aliphatic carbocycles. The summed E-state index contributed by atoms with van der Waals surface area (Å²) in [5.74, 6) is 0.219. The fourth-order valence-corrected chi connectivity index (χ4v) is 4.49. The van der Waals surface area contributed by atoms with Crippen LogP contribution in [-0.2, 0) is 4.79 Å². The van der Waals surface area contributed by atoms with Crippen molar-refractivity contribution in [1.82, 2.24) is 9.80 Å². The summed E-state index contributed by atoms with van der Waals surface area (Å²) in [4.78, 5) is 18.1. The van der Waals surface area contributed by atoms with E-state index in [1.807, 2.05) is 0 Å². The van der Waals surface area contributed by atoms with Crippen molar-refractivity contribution in [3.8, 4) is 0 Å². The fraction of sp³-hybridized carbons (Fsp3) is 0.867. The summed E-state index contributed by atoms with van der Waals surface area (Å²) in [6.07, 6.45) is 7.56. The van der Waals surface area contributed by atoms with Crippen molar-refractivity contribution in [2.45, 2.75) is 51.0 Å². The van der Waals surface area contributed by atoms with E-state index in [-0.39, 0.29) is 5.91 Å². The van der Waals surface area contributed by atoms with Gasteiger partial charge in [0, 0.05) is 25.7 Å². The van der Waals surface area contributed by atoms with Crippen molar-refractivity contribution in [3.05, 3.63) is 0 Å². The van der Waals surface area contributed by atoms with E-state index in [2.05, 4.69) is 9.80 Å². The highest BCUT2D eigenvalue weighted by molar-refractivity contribution is 7.80. The van der Waals surface area contributed by atoms with Gasteiger partial charge in [0.2, 0.25) is 5.91 Å². The van der Waals surface area contributed by atoms with Gasteiger partial charge in [-0.05, 0) is 32.2 Å². The quantitative estimate of drug-likeness (QED) is 0.785. The molecule has 0 radical (unpaired) electrons. The smallest absolute Gasteiger partial charge is 0.235 e. The van der Waals surface area contributed by atoms with Gasteiger partial charge in [-0.25, -0.2) is 0 Å². The summed E-state index contributed by atoms with van der Waals surface area (Å²) in [6.45, 7) is 3.94. The second-order valence-electron chi connectivity index (χ2n) is 6.59. The van der Waals surface area contributed by atoms with E-state index >= 15 is 0 Å². The van der Waals surface area contributed by atoms with Gasteiger partial charge in [0.05, 0.1) is 10.4 Å². The molecule has 2 saturated heterocycles. The zero-order valence-electron chi connectivity index (χ0n) is 12.1. The first kappa shape index (κ1) is 14.3. The number of carbonyl (C=O) groups excluding carboxylic acids is 1. The highest BCUT2D eigenvalue weighted by Gasteiger charge is 2.46. The van der Waals surface area contributed by atoms with Crippen LogP contribution < -0.4 is 5.73 Å². The number of carbonyl (C=O) groups is 1. The minimum absolute atomic E-state index is 0.219. The number of amides is 1. The van der Waals surface area contributed by atoms with Crippen LogP contribution in [0.15, 0.2) is 0 Å². The van der Waals surface area contributed by atoms with Crippen LogP contribution in [0.2, 0.25) is 0 Å². The van der Waals surface area contributed by atoms with Gasteiger partial charge in [-0.3, -0.25) is 9.69 Å². The Morgan fingerprint density at radius 2 is 1.85 bits per heavy atom. The molecular weight excluding hydrogens is 270 g/mol. The molecule has 0 spiro atoms. The zero-order valence-corrected chi connectivity index (χ0v) is 13.0. The molecule has 0 aromatic heterocycles. The van der Waals surface area contributed by atoms with Gasteiger partial charge in [0.25, 0.3) is 0 Å². The summed E-state index contributed by atoms with van der Waals surface area (Å²) in [7, 11) is 0. The number of piperazine rings is 1. The molecule has 112 valence electrons. The molecule has 0 bridgehead atoms. The minimum atomic E-state index is -0.533. The third kappa shape index (κ3) is 2.35. The first-order chi connectivity index (χ1) is 9.63. The fourth-order valence-electron chi connectivity index (χ4n) is 4.20. The normalized spacial score (nSPS) is 30.0. The van der Waals surface area contributed by atoms with Crippen molar-refractivity contribution in [3.63, 3.8) is 0 Å². The Morgan fingerprint density at radius 3 is 2.55 bits per heavy atom. The summed E-state index contributed by atoms with van der Waals surface area (Å²) < 4.78 is 0. The molecule has 3 rings (SSSR count). The van der Waals surface area contributed by atoms with E-state index in [0.717, 1.165) is 45.3 Å². The Hall–Kier alpha value is -0.680. The molecule has 1 unspecified atom stereocenters. The molecule has 2 aliphatic heterocycles. The van der Waals surface area contributed by atoms with Crippen LogP contribution in [0.5, 0.6) is 0 Å². The minimum Gasteiger partial charge on any atom is -0.392 e. The Morgan fingerprint density at radius 1 is 1.10 bits per heavy atom. The molecule has 2 heterocycles. The lowest BCUT2D eigenvalue weighted by atomic mass is 9.72. The predicted octanol–water partition coefficient (Wildman–Crippen LogP) is 1.53. The number of fused-ring (bicyclic) bond motifs is 1. The molecule has 1 atom stereocenters. The van der Waals surface area contributed by atoms with Crippen molar-refractivity contribution in [2.24, 2.45) is 11.1 Å². The number of hydrogen-bond acceptors (Lipinski definition) is 3. The molecule has 0 aromatic rings. The second kappa shape index (κ2) is 5.60. The van der Waals surface area contributed by atoms with Crippen LogP contribution in [0.1, 0.15) is 44.9 Å². The summed E-state index contributed by atoms with van der Waals surface area (Å²) in [6, 6.07) is 0.569. The average molecular weight is 295 g/mol. The van der Waals surface area contributed by atoms with Gasteiger partial charge in [0.1, 0.15) is 0 Å². The second-order valence-corrected chi connectivity index (χ2v) is 7.03. The molecule has 1 saturated carbocycles. The maximum atomic E-state index is 13.0. The highest BCUT2D eigenvalue weighted by atomic mass is 32.1. The lowest BCUT2D eigenvalue weighted by Gasteiger charge is -2.43. The highest BCUT2D eigenvalue weighted by Crippen LogP contribution is 2.39. The van der Waals surface area contributed by atoms with E-state index in [4.69, 9.17) is 18.0 Å². The van der Waals surface area contributed by atoms with Crippen LogP contribution in [-0.4, -0.2) is 52.9 Å². The lowest BCUT2D eigenvalue weighted by molar-refractivity contribution is -0.142. The Kier molecular flexibility index (Phi) is 4.00. The van der Waals surface area contributed by atoms with Gasteiger partial charge in [-0.2, -0.15) is 0 Å². The standard InChI is InChI=1S/C15H25N3OS/c16-13(20)15(6-2-1-3-7-15)14(19)18-10-9-17-8-4-5-12(17)11-18/h12H,1-11H2,(H2,16,20). The Bertz CT molecular complexity index is 406. The third-order valence-corrected chi connectivity index (χ3v) is 5.85. The maximum Gasteiger partial charge on any atom is 0.235 e. The molecule has 1 amide bonds. The molecule has 5 heteroatoms. The van der Waals surface area contributed by atoms with Gasteiger partial charge in [-0.1, -0.05) is 31.5 Å². The van der Waals surface area contributed by atoms with Gasteiger partial charge < -0.3 is 10.6 Å². The first-order valence-electron chi connectivity index (χ1n) is 7.97. The van der Waals surface area contributed by atoms with Crippen LogP contribution in [0.4, 0.5) is 0 Å². The van der Waals surface area contributed by atoms with E-state index in [0.29, 0.717) is 11.0 Å². The lowest BCUT2D eigenvalue weighted by Crippen LogP contribution is -2.58. The van der Waals surface area contributed by atoms with Crippen molar-refractivity contribution < 1.29 is 4.79 Å². The zero-order chi connectivity index (χ0) is 14.2. The number of rotatable bonds is 2. The number of nitrogens with two attached hydrogens (primary N) is 1. The molecular formula is C15H25N3OS. The summed E-state index contributed by atoms with van der Waals surface area (Å²) in [5.41, 5.74) is 5.46. The number of hydrogen-bond donors (Lipinski definition) is 1. The van der Waals surface area contributed by atoms with Crippen LogP contribution >= 0.6 is 12.2 Å². The number of thiocarbonyl (C=S) groups is 1. The molecule has 20 heavy (non-hydrogen) atoms. The van der Waals surface area contributed by atoms with Crippen molar-refractivity contribution >= 4 is 23.1 Å². The van der Waals surface area contributed by atoms with Crippen molar-refractivity contribution in [1.29, 1.82) is 0 Å². The Labute approximate surface area is 126 Å². The van der Waals surface area contributed by atoms with Gasteiger partial charge >= 0.3 is 0 Å². The molecule has 3 aliphatic rings. The summed E-state index contributed by atoms with van der Waals surface area (Å²) >= 11 is 5.29. The van der Waals surface area contributed by atoms with Crippen molar-refractivity contribution in [2.75, 3.05) is 26.2 Å². The maximum absolute atomic E-state index is 13.0. The first-order valence-corrected chi connectivity index (χ1v) is 8.38. The molecule has 4 nitrogen and oxygen atoms in total. The van der Waals surface area contributed by atoms with Crippen LogP contribution in [0.3, 0.4) is 0 Å². The van der Waals surface area contributed by atoms with E-state index < -0.39 is 5.41 Å². The van der Waals surface area contributed by atoms with Crippen LogP contribution in [0, 0.1) is 5.41 Å². The third-order valence-electron chi connectivity index (χ3n) is 5.46. The molecule has 3 fully saturated rings. The predicted molar refractivity (Wildman–Crippen MR) is 83.5 cm³/mol.